The molecule has 98 valence electrons. The Bertz CT molecular complexity index is 597. The molecule has 1 amide bonds. The Labute approximate surface area is 109 Å². The van der Waals surface area contributed by atoms with Crippen molar-refractivity contribution in [2.75, 3.05) is 5.73 Å². The summed E-state index contributed by atoms with van der Waals surface area (Å²) in [6.45, 7) is 0.217. The summed E-state index contributed by atoms with van der Waals surface area (Å²) in [6.07, 6.45) is 0. The Hall–Kier alpha value is -2.43. The number of hydrogen-bond acceptors (Lipinski definition) is 2. The highest BCUT2D eigenvalue weighted by molar-refractivity contribution is 5.99. The standard InChI is InChI=1S/C14H12F2N2O/c15-10-3-1-9(2-4-10)8-18-14(19)12-7-11(16)5-6-13(12)17/h1-7H,8,17H2,(H,18,19). The van der Waals surface area contributed by atoms with Crippen LogP contribution < -0.4 is 11.1 Å². The number of amides is 1. The summed E-state index contributed by atoms with van der Waals surface area (Å²) in [4.78, 5) is 11.8. The average Bonchev–Trinajstić information content (AvgIpc) is 2.40. The molecule has 0 aromatic heterocycles. The lowest BCUT2D eigenvalue weighted by Gasteiger charge is -2.07. The van der Waals surface area contributed by atoms with Crippen LogP contribution in [0.25, 0.3) is 0 Å². The number of nitrogens with two attached hydrogens (primary N) is 1. The topological polar surface area (TPSA) is 55.1 Å². The van der Waals surface area contributed by atoms with E-state index in [0.717, 1.165) is 11.6 Å². The van der Waals surface area contributed by atoms with Crippen LogP contribution in [0.5, 0.6) is 0 Å². The molecule has 5 heteroatoms. The molecular formula is C14H12F2N2O. The van der Waals surface area contributed by atoms with E-state index in [2.05, 4.69) is 5.32 Å². The minimum absolute atomic E-state index is 0.0853. The van der Waals surface area contributed by atoms with E-state index >= 15 is 0 Å². The monoisotopic (exact) mass is 262 g/mol. The molecule has 0 bridgehead atoms. The molecule has 0 atom stereocenters. The van der Waals surface area contributed by atoms with Gasteiger partial charge in [-0.3, -0.25) is 4.79 Å². The molecule has 2 aromatic rings. The van der Waals surface area contributed by atoms with E-state index in [4.69, 9.17) is 5.73 Å². The van der Waals surface area contributed by atoms with Crippen molar-refractivity contribution >= 4 is 11.6 Å². The highest BCUT2D eigenvalue weighted by Crippen LogP contribution is 2.13. The third kappa shape index (κ3) is 3.28. The van der Waals surface area contributed by atoms with Gasteiger partial charge >= 0.3 is 0 Å². The average molecular weight is 262 g/mol. The van der Waals surface area contributed by atoms with Crippen molar-refractivity contribution < 1.29 is 13.6 Å². The van der Waals surface area contributed by atoms with Crippen molar-refractivity contribution in [2.24, 2.45) is 0 Å². The Kier molecular flexibility index (Phi) is 3.75. The summed E-state index contributed by atoms with van der Waals surface area (Å²) in [5, 5.41) is 2.59. The van der Waals surface area contributed by atoms with E-state index in [1.54, 1.807) is 12.1 Å². The summed E-state index contributed by atoms with van der Waals surface area (Å²) in [5.41, 5.74) is 6.63. The summed E-state index contributed by atoms with van der Waals surface area (Å²) in [7, 11) is 0. The van der Waals surface area contributed by atoms with Crippen LogP contribution in [0.4, 0.5) is 14.5 Å². The number of nitrogens with one attached hydrogen (secondary N) is 1. The molecule has 2 aromatic carbocycles. The third-order valence-electron chi connectivity index (χ3n) is 2.63. The number of halogens is 2. The van der Waals surface area contributed by atoms with Gasteiger partial charge < -0.3 is 11.1 Å². The van der Waals surface area contributed by atoms with E-state index in [-0.39, 0.29) is 23.6 Å². The summed E-state index contributed by atoms with van der Waals surface area (Å²) in [5.74, 6) is -1.34. The van der Waals surface area contributed by atoms with Gasteiger partial charge in [-0.15, -0.1) is 0 Å². The second-order valence-corrected chi connectivity index (χ2v) is 4.04. The number of nitrogen functional groups attached to an aromatic ring is 1. The Balaban J connectivity index is 2.05. The van der Waals surface area contributed by atoms with Crippen LogP contribution in [0.3, 0.4) is 0 Å². The summed E-state index contributed by atoms with van der Waals surface area (Å²) in [6, 6.07) is 9.33. The van der Waals surface area contributed by atoms with Crippen molar-refractivity contribution in [2.45, 2.75) is 6.54 Å². The van der Waals surface area contributed by atoms with Gasteiger partial charge in [0.25, 0.3) is 5.91 Å². The first-order chi connectivity index (χ1) is 9.06. The van der Waals surface area contributed by atoms with Gasteiger partial charge in [-0.1, -0.05) is 12.1 Å². The van der Waals surface area contributed by atoms with E-state index in [1.807, 2.05) is 0 Å². The normalized spacial score (nSPS) is 10.2. The molecule has 2 rings (SSSR count). The van der Waals surface area contributed by atoms with E-state index in [1.165, 1.54) is 24.3 Å². The quantitative estimate of drug-likeness (QED) is 0.835. The first-order valence-corrected chi connectivity index (χ1v) is 5.64. The molecule has 0 unspecified atom stereocenters. The van der Waals surface area contributed by atoms with Crippen molar-refractivity contribution in [1.82, 2.24) is 5.32 Å². The number of carbonyl (C=O) groups excluding carboxylic acids is 1. The van der Waals surface area contributed by atoms with Crippen LogP contribution in [0.15, 0.2) is 42.5 Å². The summed E-state index contributed by atoms with van der Waals surface area (Å²) >= 11 is 0. The van der Waals surface area contributed by atoms with E-state index in [9.17, 15) is 13.6 Å². The highest BCUT2D eigenvalue weighted by Gasteiger charge is 2.10. The maximum atomic E-state index is 13.0. The second-order valence-electron chi connectivity index (χ2n) is 4.04. The van der Waals surface area contributed by atoms with Crippen molar-refractivity contribution in [3.05, 3.63) is 65.2 Å². The van der Waals surface area contributed by atoms with Gasteiger partial charge in [-0.2, -0.15) is 0 Å². The fourth-order valence-electron chi connectivity index (χ4n) is 1.60. The van der Waals surface area contributed by atoms with Crippen LogP contribution in [0.1, 0.15) is 15.9 Å². The van der Waals surface area contributed by atoms with Gasteiger partial charge in [-0.25, -0.2) is 8.78 Å². The Morgan fingerprint density at radius 1 is 1.05 bits per heavy atom. The molecule has 3 N–H and O–H groups in total. The molecule has 0 aliphatic carbocycles. The van der Waals surface area contributed by atoms with Gasteiger partial charge in [0.1, 0.15) is 11.6 Å². The molecule has 0 aliphatic heterocycles. The van der Waals surface area contributed by atoms with Crippen LogP contribution in [-0.2, 0) is 6.54 Å². The number of benzene rings is 2. The molecular weight excluding hydrogens is 250 g/mol. The molecule has 0 fully saturated rings. The van der Waals surface area contributed by atoms with Crippen LogP contribution >= 0.6 is 0 Å². The van der Waals surface area contributed by atoms with Crippen LogP contribution in [-0.4, -0.2) is 5.91 Å². The molecule has 19 heavy (non-hydrogen) atoms. The predicted octanol–water partition coefficient (Wildman–Crippen LogP) is 2.48. The van der Waals surface area contributed by atoms with Gasteiger partial charge in [0, 0.05) is 12.2 Å². The molecule has 0 spiro atoms. The minimum Gasteiger partial charge on any atom is -0.398 e. The molecule has 0 saturated heterocycles. The second kappa shape index (κ2) is 5.48. The first-order valence-electron chi connectivity index (χ1n) is 5.64. The molecule has 3 nitrogen and oxygen atoms in total. The van der Waals surface area contributed by atoms with E-state index in [0.29, 0.717) is 0 Å². The smallest absolute Gasteiger partial charge is 0.253 e. The summed E-state index contributed by atoms with van der Waals surface area (Å²) < 4.78 is 25.7. The van der Waals surface area contributed by atoms with E-state index < -0.39 is 11.7 Å². The minimum atomic E-state index is -0.527. The highest BCUT2D eigenvalue weighted by atomic mass is 19.1. The molecule has 0 saturated carbocycles. The number of hydrogen-bond donors (Lipinski definition) is 2. The van der Waals surface area contributed by atoms with Crippen molar-refractivity contribution in [3.63, 3.8) is 0 Å². The van der Waals surface area contributed by atoms with Gasteiger partial charge in [0.05, 0.1) is 5.56 Å². The van der Waals surface area contributed by atoms with Gasteiger partial charge in [-0.05, 0) is 35.9 Å². The lowest BCUT2D eigenvalue weighted by Crippen LogP contribution is -2.23. The zero-order valence-electron chi connectivity index (χ0n) is 9.99. The van der Waals surface area contributed by atoms with Gasteiger partial charge in [0.15, 0.2) is 0 Å². The molecule has 0 heterocycles. The van der Waals surface area contributed by atoms with Crippen molar-refractivity contribution in [1.29, 1.82) is 0 Å². The number of anilines is 1. The predicted molar refractivity (Wildman–Crippen MR) is 68.4 cm³/mol. The number of carbonyl (C=O) groups is 1. The lowest BCUT2D eigenvalue weighted by atomic mass is 10.1. The SMILES string of the molecule is Nc1ccc(F)cc1C(=O)NCc1ccc(F)cc1. The van der Waals surface area contributed by atoms with Gasteiger partial charge in [0.2, 0.25) is 0 Å². The molecule has 0 aliphatic rings. The van der Waals surface area contributed by atoms with Crippen molar-refractivity contribution in [3.8, 4) is 0 Å². The third-order valence-corrected chi connectivity index (χ3v) is 2.63. The maximum absolute atomic E-state index is 13.0. The van der Waals surface area contributed by atoms with Crippen LogP contribution in [0.2, 0.25) is 0 Å². The lowest BCUT2D eigenvalue weighted by molar-refractivity contribution is 0.0951. The fourth-order valence-corrected chi connectivity index (χ4v) is 1.60. The first kappa shape index (κ1) is 13.0. The zero-order chi connectivity index (χ0) is 13.8. The maximum Gasteiger partial charge on any atom is 0.253 e. The molecule has 0 radical (unpaired) electrons. The zero-order valence-corrected chi connectivity index (χ0v) is 9.99. The van der Waals surface area contributed by atoms with Crippen LogP contribution in [0, 0.1) is 11.6 Å². The largest absolute Gasteiger partial charge is 0.398 e. The fraction of sp³-hybridized carbons (Fsp3) is 0.0714. The Morgan fingerprint density at radius 3 is 2.37 bits per heavy atom. The number of rotatable bonds is 3. The Morgan fingerprint density at radius 2 is 1.68 bits per heavy atom.